The molecule has 0 unspecified atom stereocenters. The average molecular weight is 255 g/mol. The van der Waals surface area contributed by atoms with Gasteiger partial charge < -0.3 is 0 Å². The second kappa shape index (κ2) is 3.55. The molecule has 0 saturated heterocycles. The number of nitrogens with zero attached hydrogens (tertiary/aromatic N) is 2. The van der Waals surface area contributed by atoms with Crippen molar-refractivity contribution in [3.63, 3.8) is 0 Å². The summed E-state index contributed by atoms with van der Waals surface area (Å²) in [5, 5.41) is 3.08. The molecule has 0 saturated carbocycles. The highest BCUT2D eigenvalue weighted by atomic mass is 79.9. The summed E-state index contributed by atoms with van der Waals surface area (Å²) in [5.41, 5.74) is 1.86. The monoisotopic (exact) mass is 254 g/mol. The quantitative estimate of drug-likeness (QED) is 0.731. The van der Waals surface area contributed by atoms with Gasteiger partial charge in [-0.2, -0.15) is 0 Å². The van der Waals surface area contributed by atoms with Crippen molar-refractivity contribution in [3.8, 4) is 11.4 Å². The van der Waals surface area contributed by atoms with Crippen LogP contribution in [-0.4, -0.2) is 9.97 Å². The Morgan fingerprint density at radius 2 is 2.08 bits per heavy atom. The van der Waals surface area contributed by atoms with Gasteiger partial charge in [0.1, 0.15) is 4.60 Å². The summed E-state index contributed by atoms with van der Waals surface area (Å²) >= 11 is 4.97. The number of aryl methyl sites for hydroxylation is 1. The van der Waals surface area contributed by atoms with Crippen molar-refractivity contribution in [1.82, 2.24) is 9.97 Å². The molecule has 0 bridgehead atoms. The van der Waals surface area contributed by atoms with Gasteiger partial charge in [-0.3, -0.25) is 0 Å². The molecular formula is C9H7BrN2S. The summed E-state index contributed by atoms with van der Waals surface area (Å²) in [6.07, 6.45) is 0. The Balaban J connectivity index is 2.46. The molecule has 0 aliphatic rings. The van der Waals surface area contributed by atoms with Crippen molar-refractivity contribution >= 4 is 27.3 Å². The van der Waals surface area contributed by atoms with Crippen molar-refractivity contribution in [3.05, 3.63) is 33.2 Å². The largest absolute Gasteiger partial charge is 0.240 e. The molecular weight excluding hydrogens is 248 g/mol. The lowest BCUT2D eigenvalue weighted by Crippen LogP contribution is -1.83. The lowest BCUT2D eigenvalue weighted by atomic mass is 10.3. The maximum Gasteiger partial charge on any atom is 0.106 e. The van der Waals surface area contributed by atoms with Crippen LogP contribution in [0.3, 0.4) is 0 Å². The Morgan fingerprint density at radius 3 is 2.69 bits per heavy atom. The second-order valence-electron chi connectivity index (χ2n) is 2.60. The van der Waals surface area contributed by atoms with E-state index >= 15 is 0 Å². The third-order valence-corrected chi connectivity index (χ3v) is 2.81. The van der Waals surface area contributed by atoms with Crippen LogP contribution < -0.4 is 0 Å². The van der Waals surface area contributed by atoms with Crippen molar-refractivity contribution in [2.45, 2.75) is 6.92 Å². The Hall–Kier alpha value is -0.740. The van der Waals surface area contributed by atoms with Crippen molar-refractivity contribution < 1.29 is 0 Å². The summed E-state index contributed by atoms with van der Waals surface area (Å²) < 4.78 is 0.843. The highest BCUT2D eigenvalue weighted by Gasteiger charge is 2.02. The number of pyridine rings is 1. The summed E-state index contributed by atoms with van der Waals surface area (Å²) in [4.78, 5) is 8.67. The summed E-state index contributed by atoms with van der Waals surface area (Å²) in [6.45, 7) is 1.99. The molecule has 2 rings (SSSR count). The van der Waals surface area contributed by atoms with Gasteiger partial charge in [0.15, 0.2) is 0 Å². The molecule has 0 spiro atoms. The molecule has 2 nitrogen and oxygen atoms in total. The van der Waals surface area contributed by atoms with Gasteiger partial charge in [0.05, 0.1) is 16.4 Å². The van der Waals surface area contributed by atoms with Crippen LogP contribution in [0.25, 0.3) is 11.4 Å². The average Bonchev–Trinajstić information content (AvgIpc) is 2.52. The van der Waals surface area contributed by atoms with Gasteiger partial charge >= 0.3 is 0 Å². The minimum atomic E-state index is 0.843. The zero-order valence-electron chi connectivity index (χ0n) is 6.99. The van der Waals surface area contributed by atoms with Crippen LogP contribution in [0.2, 0.25) is 0 Å². The molecule has 0 fully saturated rings. The van der Waals surface area contributed by atoms with Gasteiger partial charge in [-0.15, -0.1) is 11.3 Å². The first-order valence-electron chi connectivity index (χ1n) is 3.81. The Bertz CT molecular complexity index is 425. The molecule has 2 heterocycles. The van der Waals surface area contributed by atoms with E-state index in [1.807, 2.05) is 30.5 Å². The van der Waals surface area contributed by atoms with Gasteiger partial charge in [0, 0.05) is 5.38 Å². The Labute approximate surface area is 88.8 Å². The molecule has 13 heavy (non-hydrogen) atoms. The molecule has 0 aliphatic carbocycles. The fourth-order valence-electron chi connectivity index (χ4n) is 1.03. The topological polar surface area (TPSA) is 25.8 Å². The molecule has 0 aliphatic heterocycles. The first-order valence-corrected chi connectivity index (χ1v) is 5.48. The van der Waals surface area contributed by atoms with E-state index in [9.17, 15) is 0 Å². The zero-order valence-corrected chi connectivity index (χ0v) is 9.39. The van der Waals surface area contributed by atoms with E-state index < -0.39 is 0 Å². The van der Waals surface area contributed by atoms with Crippen molar-refractivity contribution in [2.75, 3.05) is 0 Å². The van der Waals surface area contributed by atoms with Crippen LogP contribution in [0.5, 0.6) is 0 Å². The second-order valence-corrected chi connectivity index (χ2v) is 4.47. The fourth-order valence-corrected chi connectivity index (χ4v) is 1.98. The van der Waals surface area contributed by atoms with Crippen LogP contribution in [-0.2, 0) is 0 Å². The number of rotatable bonds is 1. The molecule has 4 heteroatoms. The third-order valence-electron chi connectivity index (χ3n) is 1.60. The van der Waals surface area contributed by atoms with E-state index in [1.165, 1.54) is 0 Å². The summed E-state index contributed by atoms with van der Waals surface area (Å²) in [6, 6.07) is 5.82. The minimum absolute atomic E-state index is 0.843. The minimum Gasteiger partial charge on any atom is -0.240 e. The predicted octanol–water partition coefficient (Wildman–Crippen LogP) is 3.28. The number of halogens is 1. The van der Waals surface area contributed by atoms with Crippen LogP contribution in [0.4, 0.5) is 0 Å². The van der Waals surface area contributed by atoms with Gasteiger partial charge in [0.25, 0.3) is 0 Å². The predicted molar refractivity (Wildman–Crippen MR) is 57.8 cm³/mol. The number of thiazole rings is 1. The highest BCUT2D eigenvalue weighted by Crippen LogP contribution is 2.20. The first kappa shape index (κ1) is 8.84. The van der Waals surface area contributed by atoms with Crippen LogP contribution in [0.1, 0.15) is 5.01 Å². The van der Waals surface area contributed by atoms with E-state index in [4.69, 9.17) is 0 Å². The first-order chi connectivity index (χ1) is 6.25. The van der Waals surface area contributed by atoms with Gasteiger partial charge in [-0.1, -0.05) is 6.07 Å². The maximum absolute atomic E-state index is 4.36. The Kier molecular flexibility index (Phi) is 2.42. The maximum atomic E-state index is 4.36. The lowest BCUT2D eigenvalue weighted by Gasteiger charge is -1.95. The van der Waals surface area contributed by atoms with Gasteiger partial charge in [-0.25, -0.2) is 9.97 Å². The van der Waals surface area contributed by atoms with Crippen LogP contribution >= 0.6 is 27.3 Å². The van der Waals surface area contributed by atoms with E-state index in [-0.39, 0.29) is 0 Å². The van der Waals surface area contributed by atoms with Gasteiger partial charge in [-0.05, 0) is 35.0 Å². The summed E-state index contributed by atoms with van der Waals surface area (Å²) in [5.74, 6) is 0. The zero-order chi connectivity index (χ0) is 9.26. The SMILES string of the molecule is Cc1nc(-c2cccc(Br)n2)cs1. The molecule has 66 valence electrons. The molecule has 2 aromatic heterocycles. The lowest BCUT2D eigenvalue weighted by molar-refractivity contribution is 1.22. The molecule has 0 aromatic carbocycles. The van der Waals surface area contributed by atoms with Crippen LogP contribution in [0, 0.1) is 6.92 Å². The molecule has 2 aromatic rings. The standard InChI is InChI=1S/C9H7BrN2S/c1-6-11-8(5-13-6)7-3-2-4-9(10)12-7/h2-5H,1H3. The fraction of sp³-hybridized carbons (Fsp3) is 0.111. The molecule has 0 amide bonds. The van der Waals surface area contributed by atoms with E-state index in [0.29, 0.717) is 0 Å². The normalized spacial score (nSPS) is 10.3. The van der Waals surface area contributed by atoms with Crippen LogP contribution in [0.15, 0.2) is 28.2 Å². The van der Waals surface area contributed by atoms with Crippen molar-refractivity contribution in [1.29, 1.82) is 0 Å². The van der Waals surface area contributed by atoms with Gasteiger partial charge in [0.2, 0.25) is 0 Å². The molecule has 0 atom stereocenters. The number of hydrogen-bond donors (Lipinski definition) is 0. The third kappa shape index (κ3) is 1.95. The van der Waals surface area contributed by atoms with Crippen molar-refractivity contribution in [2.24, 2.45) is 0 Å². The number of hydrogen-bond acceptors (Lipinski definition) is 3. The smallest absolute Gasteiger partial charge is 0.106 e. The molecule has 0 N–H and O–H groups in total. The van der Waals surface area contributed by atoms with E-state index in [1.54, 1.807) is 11.3 Å². The Morgan fingerprint density at radius 1 is 1.23 bits per heavy atom. The van der Waals surface area contributed by atoms with E-state index in [0.717, 1.165) is 21.0 Å². The molecule has 0 radical (unpaired) electrons. The van der Waals surface area contributed by atoms with E-state index in [2.05, 4.69) is 25.9 Å². The summed E-state index contributed by atoms with van der Waals surface area (Å²) in [7, 11) is 0. The highest BCUT2D eigenvalue weighted by molar-refractivity contribution is 9.10. The number of aromatic nitrogens is 2.